The first-order valence-electron chi connectivity index (χ1n) is 3.97. The topological polar surface area (TPSA) is 78.8 Å². The standard InChI is InChI=1S/C6H16NO4P/c1-2-3-4-7-5-6-11-12(8,9)10/h7H,2-6H2,1H3,(H2,8,9,10). The lowest BCUT2D eigenvalue weighted by Crippen LogP contribution is -2.20. The molecule has 0 fully saturated rings. The summed E-state index contributed by atoms with van der Waals surface area (Å²) in [6.07, 6.45) is 2.17. The maximum Gasteiger partial charge on any atom is 0.469 e. The molecule has 0 saturated carbocycles. The van der Waals surface area contributed by atoms with Gasteiger partial charge in [0.2, 0.25) is 0 Å². The first-order chi connectivity index (χ1) is 5.56. The largest absolute Gasteiger partial charge is 0.469 e. The van der Waals surface area contributed by atoms with Crippen molar-refractivity contribution < 1.29 is 18.9 Å². The van der Waals surface area contributed by atoms with Gasteiger partial charge in [-0.2, -0.15) is 0 Å². The molecular formula is C6H16NO4P. The third kappa shape index (κ3) is 10.1. The van der Waals surface area contributed by atoms with Crippen LogP contribution in [0.25, 0.3) is 0 Å². The van der Waals surface area contributed by atoms with E-state index in [1.807, 2.05) is 0 Å². The third-order valence-electron chi connectivity index (χ3n) is 1.25. The van der Waals surface area contributed by atoms with Gasteiger partial charge in [-0.25, -0.2) is 4.57 Å². The van der Waals surface area contributed by atoms with E-state index in [0.717, 1.165) is 19.4 Å². The first-order valence-corrected chi connectivity index (χ1v) is 5.50. The second kappa shape index (κ2) is 6.57. The van der Waals surface area contributed by atoms with Crippen molar-refractivity contribution in [1.29, 1.82) is 0 Å². The Balaban J connectivity index is 3.06. The monoisotopic (exact) mass is 197 g/mol. The molecule has 0 aromatic carbocycles. The van der Waals surface area contributed by atoms with Crippen molar-refractivity contribution in [3.05, 3.63) is 0 Å². The molecule has 0 aliphatic rings. The van der Waals surface area contributed by atoms with Gasteiger partial charge >= 0.3 is 7.82 Å². The van der Waals surface area contributed by atoms with Crippen LogP contribution in [0, 0.1) is 0 Å². The fourth-order valence-electron chi connectivity index (χ4n) is 0.664. The fraction of sp³-hybridized carbons (Fsp3) is 1.00. The molecule has 0 aliphatic heterocycles. The zero-order valence-electron chi connectivity index (χ0n) is 7.19. The lowest BCUT2D eigenvalue weighted by atomic mass is 10.3. The van der Waals surface area contributed by atoms with Crippen LogP contribution in [0.4, 0.5) is 0 Å². The van der Waals surface area contributed by atoms with Gasteiger partial charge in [-0.05, 0) is 13.0 Å². The Bertz CT molecular complexity index is 146. The molecule has 3 N–H and O–H groups in total. The Morgan fingerprint density at radius 3 is 2.58 bits per heavy atom. The smallest absolute Gasteiger partial charge is 0.314 e. The first kappa shape index (κ1) is 12.1. The number of hydrogen-bond donors (Lipinski definition) is 3. The highest BCUT2D eigenvalue weighted by Crippen LogP contribution is 2.34. The third-order valence-corrected chi connectivity index (χ3v) is 1.76. The Morgan fingerprint density at radius 1 is 1.42 bits per heavy atom. The number of unbranched alkanes of at least 4 members (excludes halogenated alkanes) is 1. The number of rotatable bonds is 7. The molecule has 5 nitrogen and oxygen atoms in total. The minimum Gasteiger partial charge on any atom is -0.314 e. The average Bonchev–Trinajstić information content (AvgIpc) is 1.94. The summed E-state index contributed by atoms with van der Waals surface area (Å²) < 4.78 is 14.4. The highest BCUT2D eigenvalue weighted by Gasteiger charge is 2.11. The summed E-state index contributed by atoms with van der Waals surface area (Å²) in [5.74, 6) is 0. The molecule has 0 unspecified atom stereocenters. The van der Waals surface area contributed by atoms with Gasteiger partial charge < -0.3 is 15.1 Å². The normalized spacial score (nSPS) is 11.9. The van der Waals surface area contributed by atoms with Gasteiger partial charge in [-0.15, -0.1) is 0 Å². The number of hydrogen-bond acceptors (Lipinski definition) is 3. The molecule has 0 atom stereocenters. The lowest BCUT2D eigenvalue weighted by Gasteiger charge is -2.05. The second-order valence-corrected chi connectivity index (χ2v) is 3.67. The van der Waals surface area contributed by atoms with Crippen molar-refractivity contribution in [2.24, 2.45) is 0 Å². The number of nitrogens with one attached hydrogen (secondary N) is 1. The van der Waals surface area contributed by atoms with Gasteiger partial charge in [0.05, 0.1) is 6.61 Å². The minimum atomic E-state index is -4.26. The Kier molecular flexibility index (Phi) is 6.61. The summed E-state index contributed by atoms with van der Waals surface area (Å²) in [6.45, 7) is 3.47. The highest BCUT2D eigenvalue weighted by atomic mass is 31.2. The van der Waals surface area contributed by atoms with Crippen molar-refractivity contribution in [2.45, 2.75) is 19.8 Å². The molecule has 0 radical (unpaired) electrons. The van der Waals surface area contributed by atoms with Crippen LogP contribution in [0.5, 0.6) is 0 Å². The maximum absolute atomic E-state index is 10.2. The lowest BCUT2D eigenvalue weighted by molar-refractivity contribution is 0.197. The molecule has 0 saturated heterocycles. The van der Waals surface area contributed by atoms with E-state index in [1.165, 1.54) is 0 Å². The quantitative estimate of drug-likeness (QED) is 0.409. The summed E-state index contributed by atoms with van der Waals surface area (Å²) >= 11 is 0. The molecule has 0 bridgehead atoms. The summed E-state index contributed by atoms with van der Waals surface area (Å²) in [6, 6.07) is 0. The van der Waals surface area contributed by atoms with Crippen LogP contribution in [0.2, 0.25) is 0 Å². The van der Waals surface area contributed by atoms with E-state index in [0.29, 0.717) is 6.54 Å². The van der Waals surface area contributed by atoms with Crippen molar-refractivity contribution in [3.63, 3.8) is 0 Å². The van der Waals surface area contributed by atoms with Crippen molar-refractivity contribution in [2.75, 3.05) is 19.7 Å². The molecule has 6 heteroatoms. The molecular weight excluding hydrogens is 181 g/mol. The average molecular weight is 197 g/mol. The highest BCUT2D eigenvalue weighted by molar-refractivity contribution is 7.46. The van der Waals surface area contributed by atoms with Crippen molar-refractivity contribution in [3.8, 4) is 0 Å². The maximum atomic E-state index is 10.2. The molecule has 0 aromatic heterocycles. The molecule has 0 heterocycles. The van der Waals surface area contributed by atoms with Crippen molar-refractivity contribution >= 4 is 7.82 Å². The van der Waals surface area contributed by atoms with Crippen LogP contribution in [-0.4, -0.2) is 29.5 Å². The zero-order valence-corrected chi connectivity index (χ0v) is 8.09. The fourth-order valence-corrected chi connectivity index (χ4v) is 0.993. The number of phosphoric ester groups is 1. The molecule has 74 valence electrons. The van der Waals surface area contributed by atoms with Gasteiger partial charge in [0.1, 0.15) is 0 Å². The molecule has 12 heavy (non-hydrogen) atoms. The molecule has 0 rings (SSSR count). The van der Waals surface area contributed by atoms with Gasteiger partial charge in [0, 0.05) is 6.54 Å². The Morgan fingerprint density at radius 2 is 2.08 bits per heavy atom. The van der Waals surface area contributed by atoms with Crippen LogP contribution < -0.4 is 5.32 Å². The zero-order chi connectivity index (χ0) is 9.45. The van der Waals surface area contributed by atoms with Gasteiger partial charge in [-0.1, -0.05) is 13.3 Å². The van der Waals surface area contributed by atoms with Gasteiger partial charge in [0.15, 0.2) is 0 Å². The van der Waals surface area contributed by atoms with E-state index in [9.17, 15) is 4.57 Å². The minimum absolute atomic E-state index is 0.0496. The summed E-state index contributed by atoms with van der Waals surface area (Å²) in [4.78, 5) is 16.6. The molecule has 0 aliphatic carbocycles. The molecule has 0 spiro atoms. The summed E-state index contributed by atoms with van der Waals surface area (Å²) in [7, 11) is -4.26. The van der Waals surface area contributed by atoms with Crippen LogP contribution in [0.1, 0.15) is 19.8 Å². The van der Waals surface area contributed by atoms with Crippen molar-refractivity contribution in [1.82, 2.24) is 5.32 Å². The van der Waals surface area contributed by atoms with Crippen LogP contribution in [0.3, 0.4) is 0 Å². The van der Waals surface area contributed by atoms with E-state index in [2.05, 4.69) is 16.8 Å². The number of phosphoric acid groups is 1. The second-order valence-electron chi connectivity index (χ2n) is 2.43. The predicted octanol–water partition coefficient (Wildman–Crippen LogP) is 0.485. The summed E-state index contributed by atoms with van der Waals surface area (Å²) in [5, 5.41) is 2.99. The summed E-state index contributed by atoms with van der Waals surface area (Å²) in [5.41, 5.74) is 0. The van der Waals surface area contributed by atoms with E-state index < -0.39 is 7.82 Å². The van der Waals surface area contributed by atoms with Gasteiger partial charge in [0.25, 0.3) is 0 Å². The molecule has 0 aromatic rings. The van der Waals surface area contributed by atoms with Crippen LogP contribution in [-0.2, 0) is 9.09 Å². The van der Waals surface area contributed by atoms with E-state index in [-0.39, 0.29) is 6.61 Å². The Hall–Kier alpha value is 0.0700. The van der Waals surface area contributed by atoms with Crippen LogP contribution >= 0.6 is 7.82 Å². The van der Waals surface area contributed by atoms with Gasteiger partial charge in [-0.3, -0.25) is 4.52 Å². The Labute approximate surface area is 72.4 Å². The van der Waals surface area contributed by atoms with E-state index >= 15 is 0 Å². The van der Waals surface area contributed by atoms with E-state index in [4.69, 9.17) is 9.79 Å². The SMILES string of the molecule is CCCCNCCOP(=O)(O)O. The predicted molar refractivity (Wildman–Crippen MR) is 45.8 cm³/mol. The van der Waals surface area contributed by atoms with E-state index in [1.54, 1.807) is 0 Å². The van der Waals surface area contributed by atoms with Crippen LogP contribution in [0.15, 0.2) is 0 Å². The molecule has 0 amide bonds.